The quantitative estimate of drug-likeness (QED) is 0.532. The predicted molar refractivity (Wildman–Crippen MR) is 82.4 cm³/mol. The number of benzene rings is 1. The van der Waals surface area contributed by atoms with Crippen LogP contribution in [0.2, 0.25) is 0 Å². The van der Waals surface area contributed by atoms with E-state index in [1.165, 1.54) is 3.57 Å². The maximum Gasteiger partial charge on any atom is 0.178 e. The summed E-state index contributed by atoms with van der Waals surface area (Å²) < 4.78 is 9.45. The molecule has 0 saturated heterocycles. The number of hydrogen-bond donors (Lipinski definition) is 1. The predicted octanol–water partition coefficient (Wildman–Crippen LogP) is 4.51. The molecular formula is C13H11IN2OS. The third-order valence-electron chi connectivity index (χ3n) is 3.02. The Balaban J connectivity index is 2.23. The number of nitrogens with zero attached hydrogens (tertiary/aromatic N) is 1. The van der Waals surface area contributed by atoms with E-state index in [4.69, 9.17) is 16.6 Å². The van der Waals surface area contributed by atoms with E-state index < -0.39 is 0 Å². The van der Waals surface area contributed by atoms with Gasteiger partial charge in [0.05, 0.1) is 23.3 Å². The molecule has 3 nitrogen and oxygen atoms in total. The molecule has 0 saturated carbocycles. The number of aromatic nitrogens is 2. The van der Waals surface area contributed by atoms with E-state index in [0.717, 1.165) is 21.6 Å². The van der Waals surface area contributed by atoms with E-state index in [9.17, 15) is 0 Å². The molecule has 92 valence electrons. The molecule has 0 bridgehead atoms. The lowest BCUT2D eigenvalue weighted by molar-refractivity contribution is 0.449. The molecule has 18 heavy (non-hydrogen) atoms. The number of H-pyrrole nitrogens is 1. The summed E-state index contributed by atoms with van der Waals surface area (Å²) in [5.41, 5.74) is 2.16. The lowest BCUT2D eigenvalue weighted by atomic mass is 10.2. The molecule has 1 N–H and O–H groups in total. The van der Waals surface area contributed by atoms with Crippen molar-refractivity contribution in [1.82, 2.24) is 9.55 Å². The van der Waals surface area contributed by atoms with E-state index in [0.29, 0.717) is 0 Å². The van der Waals surface area contributed by atoms with E-state index in [1.54, 1.807) is 6.26 Å². The number of halogens is 1. The van der Waals surface area contributed by atoms with Crippen LogP contribution in [0.3, 0.4) is 0 Å². The van der Waals surface area contributed by atoms with Gasteiger partial charge < -0.3 is 14.0 Å². The highest BCUT2D eigenvalue weighted by molar-refractivity contribution is 14.1. The molecule has 2 heterocycles. The number of hydrogen-bond acceptors (Lipinski definition) is 2. The highest BCUT2D eigenvalue weighted by Crippen LogP contribution is 2.25. The van der Waals surface area contributed by atoms with Gasteiger partial charge in [-0.3, -0.25) is 0 Å². The van der Waals surface area contributed by atoms with Crippen LogP contribution in [0.1, 0.15) is 18.7 Å². The fraction of sp³-hybridized carbons (Fsp3) is 0.154. The van der Waals surface area contributed by atoms with Crippen molar-refractivity contribution in [2.24, 2.45) is 0 Å². The highest BCUT2D eigenvalue weighted by atomic mass is 127. The van der Waals surface area contributed by atoms with Crippen LogP contribution in [-0.2, 0) is 0 Å². The minimum absolute atomic E-state index is 0.0845. The summed E-state index contributed by atoms with van der Waals surface area (Å²) in [7, 11) is 0. The smallest absolute Gasteiger partial charge is 0.178 e. The molecule has 0 fully saturated rings. The molecule has 0 aliphatic carbocycles. The van der Waals surface area contributed by atoms with E-state index in [1.807, 2.05) is 12.1 Å². The van der Waals surface area contributed by atoms with Gasteiger partial charge in [0.2, 0.25) is 0 Å². The Bertz CT molecular complexity index is 742. The molecule has 0 spiro atoms. The van der Waals surface area contributed by atoms with Crippen molar-refractivity contribution < 1.29 is 4.42 Å². The Morgan fingerprint density at radius 3 is 2.94 bits per heavy atom. The zero-order chi connectivity index (χ0) is 12.7. The zero-order valence-corrected chi connectivity index (χ0v) is 12.7. The standard InChI is InChI=1S/C13H11IN2OS/c1-8(12-3-2-6-17-12)16-11-5-4-9(14)7-10(11)15-13(16)18/h2-8H,1H3,(H,15,18). The Morgan fingerprint density at radius 2 is 2.22 bits per heavy atom. The second-order valence-corrected chi connectivity index (χ2v) is 5.79. The van der Waals surface area contributed by atoms with Gasteiger partial charge in [0, 0.05) is 3.57 Å². The summed E-state index contributed by atoms with van der Waals surface area (Å²) in [6.07, 6.45) is 1.69. The SMILES string of the molecule is CC(c1ccco1)n1c(=S)[nH]c2cc(I)ccc21. The number of aromatic amines is 1. The number of nitrogens with one attached hydrogen (secondary N) is 1. The first kappa shape index (κ1) is 12.0. The van der Waals surface area contributed by atoms with Crippen molar-refractivity contribution in [1.29, 1.82) is 0 Å². The van der Waals surface area contributed by atoms with Crippen LogP contribution >= 0.6 is 34.8 Å². The maximum absolute atomic E-state index is 5.46. The summed E-state index contributed by atoms with van der Waals surface area (Å²) in [6, 6.07) is 10.2. The molecular weight excluding hydrogens is 359 g/mol. The van der Waals surface area contributed by atoms with Gasteiger partial charge in [-0.25, -0.2) is 0 Å². The van der Waals surface area contributed by atoms with Gasteiger partial charge in [-0.05, 0) is 72.1 Å². The molecule has 1 atom stereocenters. The average molecular weight is 370 g/mol. The van der Waals surface area contributed by atoms with Crippen LogP contribution in [0.15, 0.2) is 41.0 Å². The molecule has 3 rings (SSSR count). The third kappa shape index (κ3) is 1.91. The van der Waals surface area contributed by atoms with Gasteiger partial charge >= 0.3 is 0 Å². The first-order valence-electron chi connectivity index (χ1n) is 5.60. The first-order valence-corrected chi connectivity index (χ1v) is 7.08. The van der Waals surface area contributed by atoms with Gasteiger partial charge in [0.15, 0.2) is 4.77 Å². The monoisotopic (exact) mass is 370 g/mol. The van der Waals surface area contributed by atoms with Crippen molar-refractivity contribution in [2.75, 3.05) is 0 Å². The van der Waals surface area contributed by atoms with Crippen molar-refractivity contribution in [3.8, 4) is 0 Å². The third-order valence-corrected chi connectivity index (χ3v) is 3.99. The molecule has 1 unspecified atom stereocenters. The minimum atomic E-state index is 0.0845. The summed E-state index contributed by atoms with van der Waals surface area (Å²) in [4.78, 5) is 3.24. The average Bonchev–Trinajstić information content (AvgIpc) is 2.94. The lowest BCUT2D eigenvalue weighted by Gasteiger charge is -2.11. The van der Waals surface area contributed by atoms with Crippen LogP contribution in [0.5, 0.6) is 0 Å². The van der Waals surface area contributed by atoms with Gasteiger partial charge in [0.1, 0.15) is 5.76 Å². The molecule has 5 heteroatoms. The van der Waals surface area contributed by atoms with Crippen LogP contribution in [0.4, 0.5) is 0 Å². The largest absolute Gasteiger partial charge is 0.467 e. The normalized spacial score (nSPS) is 13.0. The Morgan fingerprint density at radius 1 is 1.39 bits per heavy atom. The van der Waals surface area contributed by atoms with Gasteiger partial charge in [-0.1, -0.05) is 0 Å². The van der Waals surface area contributed by atoms with Crippen molar-refractivity contribution in [3.05, 3.63) is 50.7 Å². The van der Waals surface area contributed by atoms with Crippen molar-refractivity contribution in [2.45, 2.75) is 13.0 Å². The van der Waals surface area contributed by atoms with E-state index >= 15 is 0 Å². The van der Waals surface area contributed by atoms with Crippen LogP contribution < -0.4 is 0 Å². The Hall–Kier alpha value is -1.08. The molecule has 1 aromatic carbocycles. The van der Waals surface area contributed by atoms with Gasteiger partial charge in [-0.2, -0.15) is 0 Å². The van der Waals surface area contributed by atoms with Crippen LogP contribution in [0, 0.1) is 8.34 Å². The van der Waals surface area contributed by atoms with E-state index in [-0.39, 0.29) is 6.04 Å². The second kappa shape index (κ2) is 4.55. The topological polar surface area (TPSA) is 33.9 Å². The number of imidazole rings is 1. The van der Waals surface area contributed by atoms with Gasteiger partial charge in [0.25, 0.3) is 0 Å². The van der Waals surface area contributed by atoms with Crippen molar-refractivity contribution >= 4 is 45.8 Å². The van der Waals surface area contributed by atoms with E-state index in [2.05, 4.69) is 57.3 Å². The Labute approximate surface area is 123 Å². The van der Waals surface area contributed by atoms with Crippen LogP contribution in [-0.4, -0.2) is 9.55 Å². The summed E-state index contributed by atoms with van der Waals surface area (Å²) in [5, 5.41) is 0. The molecule has 2 aromatic heterocycles. The molecule has 0 aliphatic rings. The summed E-state index contributed by atoms with van der Waals surface area (Å²) in [5.74, 6) is 0.908. The summed E-state index contributed by atoms with van der Waals surface area (Å²) in [6.45, 7) is 2.08. The molecule has 0 radical (unpaired) electrons. The second-order valence-electron chi connectivity index (χ2n) is 4.15. The summed E-state index contributed by atoms with van der Waals surface area (Å²) >= 11 is 7.70. The number of rotatable bonds is 2. The highest BCUT2D eigenvalue weighted by Gasteiger charge is 2.15. The molecule has 3 aromatic rings. The first-order chi connectivity index (χ1) is 8.66. The fourth-order valence-corrected chi connectivity index (χ4v) is 3.00. The Kier molecular flexibility index (Phi) is 3.03. The fourth-order valence-electron chi connectivity index (χ4n) is 2.14. The lowest BCUT2D eigenvalue weighted by Crippen LogP contribution is -2.05. The van der Waals surface area contributed by atoms with Gasteiger partial charge in [-0.15, -0.1) is 0 Å². The minimum Gasteiger partial charge on any atom is -0.467 e. The number of fused-ring (bicyclic) bond motifs is 1. The zero-order valence-electron chi connectivity index (χ0n) is 9.68. The van der Waals surface area contributed by atoms with Crippen molar-refractivity contribution in [3.63, 3.8) is 0 Å². The van der Waals surface area contributed by atoms with Crippen LogP contribution in [0.25, 0.3) is 11.0 Å². The maximum atomic E-state index is 5.46. The molecule has 0 aliphatic heterocycles. The molecule has 0 amide bonds. The number of furan rings is 1.